The zero-order valence-corrected chi connectivity index (χ0v) is 18.8. The molecule has 1 N–H and O–H groups in total. The summed E-state index contributed by atoms with van der Waals surface area (Å²) in [4.78, 5) is 13.2. The van der Waals surface area contributed by atoms with E-state index >= 15 is 0 Å². The molecule has 0 unspecified atom stereocenters. The molecule has 1 aromatic heterocycles. The van der Waals surface area contributed by atoms with Crippen LogP contribution in [0.5, 0.6) is 0 Å². The summed E-state index contributed by atoms with van der Waals surface area (Å²) in [6.45, 7) is 2.24. The molecule has 1 heterocycles. The van der Waals surface area contributed by atoms with Crippen LogP contribution in [-0.4, -0.2) is 20.6 Å². The molecule has 5 nitrogen and oxygen atoms in total. The molecular weight excluding hydrogens is 428 g/mol. The zero-order chi connectivity index (χ0) is 22.0. The number of carbonyl (C=O) groups is 1. The highest BCUT2D eigenvalue weighted by Crippen LogP contribution is 2.31. The minimum Gasteiger partial charge on any atom is -0.321 e. The summed E-state index contributed by atoms with van der Waals surface area (Å²) < 4.78 is 27.4. The van der Waals surface area contributed by atoms with Gasteiger partial charge in [-0.25, -0.2) is 8.42 Å². The van der Waals surface area contributed by atoms with Crippen molar-refractivity contribution in [3.05, 3.63) is 94.9 Å². The first-order valence-electron chi connectivity index (χ1n) is 9.73. The van der Waals surface area contributed by atoms with E-state index in [1.807, 2.05) is 73.7 Å². The van der Waals surface area contributed by atoms with Crippen molar-refractivity contribution in [2.24, 2.45) is 0 Å². The van der Waals surface area contributed by atoms with Gasteiger partial charge in [0.1, 0.15) is 0 Å². The number of benzene rings is 3. The number of nitrogens with one attached hydrogen (secondary N) is 1. The molecule has 0 aliphatic heterocycles. The van der Waals surface area contributed by atoms with E-state index in [-0.39, 0.29) is 12.5 Å². The minimum atomic E-state index is -3.49. The highest BCUT2D eigenvalue weighted by atomic mass is 32.2. The summed E-state index contributed by atoms with van der Waals surface area (Å²) >= 11 is 1.38. The number of anilines is 2. The minimum absolute atomic E-state index is 0.187. The maximum atomic E-state index is 12.6. The van der Waals surface area contributed by atoms with Gasteiger partial charge in [-0.1, -0.05) is 48.0 Å². The third-order valence-corrected chi connectivity index (χ3v) is 7.15. The summed E-state index contributed by atoms with van der Waals surface area (Å²) in [5.41, 5.74) is 3.33. The molecule has 7 heteroatoms. The average Bonchev–Trinajstić information content (AvgIpc) is 3.17. The Balaban J connectivity index is 1.63. The van der Waals surface area contributed by atoms with E-state index in [4.69, 9.17) is 0 Å². The second-order valence-corrected chi connectivity index (χ2v) is 10.4. The average molecular weight is 451 g/mol. The van der Waals surface area contributed by atoms with Gasteiger partial charge in [0.05, 0.1) is 23.4 Å². The van der Waals surface area contributed by atoms with Gasteiger partial charge in [-0.2, -0.15) is 0 Å². The molecule has 0 fully saturated rings. The number of aryl methyl sites for hydroxylation is 1. The normalized spacial score (nSPS) is 11.4. The van der Waals surface area contributed by atoms with Crippen LogP contribution in [0.1, 0.15) is 20.8 Å². The molecule has 4 rings (SSSR count). The Morgan fingerprint density at radius 1 is 0.968 bits per heavy atom. The lowest BCUT2D eigenvalue weighted by molar-refractivity contribution is 0.103. The van der Waals surface area contributed by atoms with Crippen molar-refractivity contribution in [2.45, 2.75) is 13.5 Å². The number of nitrogens with zero attached hydrogens (tertiary/aromatic N) is 1. The van der Waals surface area contributed by atoms with Crippen molar-refractivity contribution in [3.8, 4) is 0 Å². The quantitative estimate of drug-likeness (QED) is 0.426. The van der Waals surface area contributed by atoms with Gasteiger partial charge < -0.3 is 5.32 Å². The van der Waals surface area contributed by atoms with E-state index in [0.29, 0.717) is 10.6 Å². The fourth-order valence-corrected chi connectivity index (χ4v) is 5.09. The van der Waals surface area contributed by atoms with Crippen LogP contribution in [0.2, 0.25) is 0 Å². The lowest BCUT2D eigenvalue weighted by Crippen LogP contribution is -2.29. The largest absolute Gasteiger partial charge is 0.321 e. The molecule has 0 radical (unpaired) electrons. The summed E-state index contributed by atoms with van der Waals surface area (Å²) in [6, 6.07) is 24.3. The molecule has 0 bridgehead atoms. The third kappa shape index (κ3) is 4.95. The molecule has 0 aliphatic rings. The zero-order valence-electron chi connectivity index (χ0n) is 17.2. The topological polar surface area (TPSA) is 66.5 Å². The number of fused-ring (bicyclic) bond motifs is 1. The van der Waals surface area contributed by atoms with Crippen LogP contribution >= 0.6 is 11.3 Å². The maximum Gasteiger partial charge on any atom is 0.265 e. The lowest BCUT2D eigenvalue weighted by atomic mass is 10.1. The lowest BCUT2D eigenvalue weighted by Gasteiger charge is -2.22. The first-order valence-corrected chi connectivity index (χ1v) is 12.4. The monoisotopic (exact) mass is 450 g/mol. The molecule has 31 heavy (non-hydrogen) atoms. The van der Waals surface area contributed by atoms with E-state index in [1.165, 1.54) is 21.9 Å². The molecule has 3 aromatic carbocycles. The molecule has 158 valence electrons. The van der Waals surface area contributed by atoms with Gasteiger partial charge in [0.2, 0.25) is 10.0 Å². The Hall–Kier alpha value is -3.16. The molecule has 0 saturated carbocycles. The Morgan fingerprint density at radius 2 is 1.68 bits per heavy atom. The Labute approximate surface area is 186 Å². The molecule has 4 aromatic rings. The van der Waals surface area contributed by atoms with E-state index in [2.05, 4.69) is 5.32 Å². The van der Waals surface area contributed by atoms with Crippen molar-refractivity contribution in [2.75, 3.05) is 15.9 Å². The molecule has 0 spiro atoms. The van der Waals surface area contributed by atoms with Crippen LogP contribution in [0, 0.1) is 6.92 Å². The molecule has 0 aliphatic carbocycles. The van der Waals surface area contributed by atoms with Crippen LogP contribution < -0.4 is 9.62 Å². The van der Waals surface area contributed by atoms with Gasteiger partial charge in [-0.15, -0.1) is 11.3 Å². The fourth-order valence-electron chi connectivity index (χ4n) is 3.27. The molecule has 1 amide bonds. The van der Waals surface area contributed by atoms with Crippen LogP contribution in [0.25, 0.3) is 10.1 Å². The van der Waals surface area contributed by atoms with E-state index in [1.54, 1.807) is 12.1 Å². The van der Waals surface area contributed by atoms with Gasteiger partial charge in [0, 0.05) is 10.4 Å². The second kappa shape index (κ2) is 8.53. The van der Waals surface area contributed by atoms with Crippen LogP contribution in [0.15, 0.2) is 78.9 Å². The number of hydrogen-bond acceptors (Lipinski definition) is 4. The number of hydrogen-bond donors (Lipinski definition) is 1. The van der Waals surface area contributed by atoms with Crippen molar-refractivity contribution in [3.63, 3.8) is 0 Å². The van der Waals surface area contributed by atoms with E-state index < -0.39 is 10.0 Å². The summed E-state index contributed by atoms with van der Waals surface area (Å²) in [5, 5.41) is 3.71. The first kappa shape index (κ1) is 21.1. The highest BCUT2D eigenvalue weighted by Gasteiger charge is 2.19. The number of para-hydroxylation sites is 1. The Kier molecular flexibility index (Phi) is 5.80. The van der Waals surface area contributed by atoms with Crippen LogP contribution in [0.3, 0.4) is 0 Å². The van der Waals surface area contributed by atoms with E-state index in [9.17, 15) is 13.2 Å². The Morgan fingerprint density at radius 3 is 2.35 bits per heavy atom. The molecular formula is C24H22N2O3S2. The summed E-state index contributed by atoms with van der Waals surface area (Å²) in [5.74, 6) is -0.187. The summed E-state index contributed by atoms with van der Waals surface area (Å²) in [6.07, 6.45) is 1.21. The molecule has 0 saturated heterocycles. The van der Waals surface area contributed by atoms with Crippen LogP contribution in [0.4, 0.5) is 11.4 Å². The standard InChI is InChI=1S/C24H22N2O3S2/c1-17-8-10-18(11-9-17)16-26(31(2,28)29)21-12-13-22-19(14-21)15-23(30-22)24(27)25-20-6-4-3-5-7-20/h3-15H,16H2,1-2H3,(H,25,27). The predicted octanol–water partition coefficient (Wildman–Crippen LogP) is 5.43. The predicted molar refractivity (Wildman–Crippen MR) is 128 cm³/mol. The maximum absolute atomic E-state index is 12.6. The van der Waals surface area contributed by atoms with Gasteiger partial charge in [0.15, 0.2) is 0 Å². The summed E-state index contributed by atoms with van der Waals surface area (Å²) in [7, 11) is -3.49. The number of rotatable bonds is 6. The second-order valence-electron chi connectivity index (χ2n) is 7.41. The smallest absolute Gasteiger partial charge is 0.265 e. The van der Waals surface area contributed by atoms with Crippen molar-refractivity contribution >= 4 is 48.7 Å². The number of amides is 1. The Bertz CT molecular complexity index is 1330. The van der Waals surface area contributed by atoms with Crippen LogP contribution in [-0.2, 0) is 16.6 Å². The van der Waals surface area contributed by atoms with Gasteiger partial charge >= 0.3 is 0 Å². The fraction of sp³-hybridized carbons (Fsp3) is 0.125. The number of sulfonamides is 1. The first-order chi connectivity index (χ1) is 14.8. The molecule has 0 atom stereocenters. The van der Waals surface area contributed by atoms with E-state index in [0.717, 1.165) is 26.9 Å². The van der Waals surface area contributed by atoms with Crippen molar-refractivity contribution in [1.29, 1.82) is 0 Å². The highest BCUT2D eigenvalue weighted by molar-refractivity contribution is 7.92. The SMILES string of the molecule is Cc1ccc(CN(c2ccc3sc(C(=O)Nc4ccccc4)cc3c2)S(C)(=O)=O)cc1. The van der Waals surface area contributed by atoms with Crippen molar-refractivity contribution < 1.29 is 13.2 Å². The number of thiophene rings is 1. The van der Waals surface area contributed by atoms with Gasteiger partial charge in [-0.05, 0) is 54.3 Å². The number of carbonyl (C=O) groups excluding carboxylic acids is 1. The van der Waals surface area contributed by atoms with Crippen molar-refractivity contribution in [1.82, 2.24) is 0 Å². The van der Waals surface area contributed by atoms with Gasteiger partial charge in [0.25, 0.3) is 5.91 Å². The van der Waals surface area contributed by atoms with Gasteiger partial charge in [-0.3, -0.25) is 9.10 Å². The third-order valence-electron chi connectivity index (χ3n) is 4.89.